The number of hydrogen-bond acceptors (Lipinski definition) is 5. The summed E-state index contributed by atoms with van der Waals surface area (Å²) in [6.07, 6.45) is 0. The molecule has 0 saturated carbocycles. The Balaban J connectivity index is 1.74. The molecule has 1 aliphatic heterocycles. The summed E-state index contributed by atoms with van der Waals surface area (Å²) in [6.45, 7) is 1.59. The van der Waals surface area contributed by atoms with Crippen LogP contribution in [0.4, 0.5) is 15.9 Å². The molecule has 1 amide bonds. The van der Waals surface area contributed by atoms with Gasteiger partial charge in [0, 0.05) is 33.6 Å². The molecule has 0 aliphatic carbocycles. The smallest absolute Gasteiger partial charge is 0.273 e. The van der Waals surface area contributed by atoms with Crippen LogP contribution in [0.1, 0.15) is 27.2 Å². The van der Waals surface area contributed by atoms with Gasteiger partial charge in [-0.3, -0.25) is 19.1 Å². The van der Waals surface area contributed by atoms with E-state index in [-0.39, 0.29) is 22.8 Å². The molecule has 2 aromatic carbocycles. The predicted octanol–water partition coefficient (Wildman–Crippen LogP) is 3.24. The molecule has 4 rings (SSSR count). The van der Waals surface area contributed by atoms with Crippen LogP contribution in [0.15, 0.2) is 42.5 Å². The van der Waals surface area contributed by atoms with Gasteiger partial charge in [0.1, 0.15) is 11.6 Å². The molecule has 3 aromatic rings. The standard InChI is InChI=1S/C19H15FN4O4S/c1-11-2-3-12(8-17(11)24(26)27)19(25)21-18-15-9-29(28)10-16(15)22-23(18)14-6-4-13(20)5-7-14/h2-8H,9-10H2,1H3,(H,21,25)/t29-/m1/s1. The van der Waals surface area contributed by atoms with Crippen molar-refractivity contribution < 1.29 is 18.3 Å². The first-order valence-corrected chi connectivity index (χ1v) is 10.1. The number of nitrogens with zero attached hydrogens (tertiary/aromatic N) is 3. The predicted molar refractivity (Wildman–Crippen MR) is 105 cm³/mol. The molecule has 0 unspecified atom stereocenters. The van der Waals surface area contributed by atoms with E-state index in [2.05, 4.69) is 10.4 Å². The number of anilines is 1. The van der Waals surface area contributed by atoms with Crippen LogP contribution >= 0.6 is 0 Å². The lowest BCUT2D eigenvalue weighted by Crippen LogP contribution is -2.17. The zero-order chi connectivity index (χ0) is 20.7. The van der Waals surface area contributed by atoms with Gasteiger partial charge >= 0.3 is 0 Å². The van der Waals surface area contributed by atoms with Crippen LogP contribution in [-0.4, -0.2) is 24.8 Å². The number of nitro benzene ring substituents is 1. The van der Waals surface area contributed by atoms with E-state index in [9.17, 15) is 23.5 Å². The number of fused-ring (bicyclic) bond motifs is 1. The lowest BCUT2D eigenvalue weighted by atomic mass is 10.1. The van der Waals surface area contributed by atoms with E-state index in [0.29, 0.717) is 28.3 Å². The van der Waals surface area contributed by atoms with Crippen molar-refractivity contribution in [2.24, 2.45) is 0 Å². The Hall–Kier alpha value is -3.40. The SMILES string of the molecule is Cc1ccc(C(=O)Nc2c3c(nn2-c2ccc(F)cc2)C[S@](=O)C3)cc1[N+](=O)[O-]. The van der Waals surface area contributed by atoms with E-state index < -0.39 is 27.4 Å². The number of rotatable bonds is 4. The number of aryl methyl sites for hydroxylation is 1. The molecule has 1 N–H and O–H groups in total. The first-order valence-electron chi connectivity index (χ1n) is 8.61. The molecule has 1 aliphatic rings. The third kappa shape index (κ3) is 3.54. The van der Waals surface area contributed by atoms with Crippen LogP contribution in [0.5, 0.6) is 0 Å². The fourth-order valence-corrected chi connectivity index (χ4v) is 4.42. The molecule has 1 aromatic heterocycles. The van der Waals surface area contributed by atoms with Gasteiger partial charge in [0.15, 0.2) is 0 Å². The number of halogens is 1. The zero-order valence-corrected chi connectivity index (χ0v) is 16.0. The summed E-state index contributed by atoms with van der Waals surface area (Å²) in [5.41, 5.74) is 2.16. The summed E-state index contributed by atoms with van der Waals surface area (Å²) in [5.74, 6) is -0.141. The van der Waals surface area contributed by atoms with Gasteiger partial charge in [-0.1, -0.05) is 6.07 Å². The molecular formula is C19H15FN4O4S. The van der Waals surface area contributed by atoms with Crippen LogP contribution in [0, 0.1) is 22.9 Å². The van der Waals surface area contributed by atoms with Crippen LogP contribution < -0.4 is 5.32 Å². The van der Waals surface area contributed by atoms with Gasteiger partial charge in [0.2, 0.25) is 0 Å². The minimum atomic E-state index is -1.12. The molecular weight excluding hydrogens is 399 g/mol. The highest BCUT2D eigenvalue weighted by molar-refractivity contribution is 7.83. The second-order valence-electron chi connectivity index (χ2n) is 6.60. The molecule has 148 valence electrons. The van der Waals surface area contributed by atoms with Crippen molar-refractivity contribution in [3.8, 4) is 5.69 Å². The quantitative estimate of drug-likeness (QED) is 0.521. The van der Waals surface area contributed by atoms with E-state index in [1.807, 2.05) is 0 Å². The summed E-state index contributed by atoms with van der Waals surface area (Å²) >= 11 is 0. The molecule has 0 fully saturated rings. The van der Waals surface area contributed by atoms with Crippen molar-refractivity contribution in [1.29, 1.82) is 0 Å². The van der Waals surface area contributed by atoms with E-state index >= 15 is 0 Å². The van der Waals surface area contributed by atoms with Crippen LogP contribution in [0.3, 0.4) is 0 Å². The second kappa shape index (κ2) is 7.21. The molecule has 1 atom stereocenters. The molecule has 0 radical (unpaired) electrons. The Bertz CT molecular complexity index is 1170. The minimum Gasteiger partial charge on any atom is -0.306 e. The fraction of sp³-hybridized carbons (Fsp3) is 0.158. The highest BCUT2D eigenvalue weighted by atomic mass is 32.2. The largest absolute Gasteiger partial charge is 0.306 e. The fourth-order valence-electron chi connectivity index (χ4n) is 3.15. The lowest BCUT2D eigenvalue weighted by molar-refractivity contribution is -0.385. The maximum atomic E-state index is 13.3. The monoisotopic (exact) mass is 414 g/mol. The summed E-state index contributed by atoms with van der Waals surface area (Å²) in [5, 5.41) is 18.3. The third-order valence-electron chi connectivity index (χ3n) is 4.64. The van der Waals surface area contributed by atoms with E-state index in [4.69, 9.17) is 0 Å². The zero-order valence-electron chi connectivity index (χ0n) is 15.2. The minimum absolute atomic E-state index is 0.113. The maximum Gasteiger partial charge on any atom is 0.273 e. The van der Waals surface area contributed by atoms with Crippen molar-refractivity contribution >= 4 is 28.2 Å². The van der Waals surface area contributed by atoms with Crippen molar-refractivity contribution in [3.63, 3.8) is 0 Å². The van der Waals surface area contributed by atoms with Crippen LogP contribution in [-0.2, 0) is 22.3 Å². The molecule has 0 saturated heterocycles. The molecule has 8 nitrogen and oxygen atoms in total. The summed E-state index contributed by atoms with van der Waals surface area (Å²) in [4.78, 5) is 23.4. The van der Waals surface area contributed by atoms with Gasteiger partial charge in [0.25, 0.3) is 11.6 Å². The Morgan fingerprint density at radius 2 is 1.97 bits per heavy atom. The number of hydrogen-bond donors (Lipinski definition) is 1. The second-order valence-corrected chi connectivity index (χ2v) is 8.06. The van der Waals surface area contributed by atoms with Gasteiger partial charge in [-0.15, -0.1) is 0 Å². The Morgan fingerprint density at radius 3 is 2.66 bits per heavy atom. The van der Waals surface area contributed by atoms with Gasteiger partial charge in [-0.05, 0) is 37.3 Å². The highest BCUT2D eigenvalue weighted by Crippen LogP contribution is 2.32. The van der Waals surface area contributed by atoms with Crippen LogP contribution in [0.2, 0.25) is 0 Å². The summed E-state index contributed by atoms with van der Waals surface area (Å²) < 4.78 is 26.7. The summed E-state index contributed by atoms with van der Waals surface area (Å²) in [6, 6.07) is 9.78. The number of nitrogens with one attached hydrogen (secondary N) is 1. The first-order chi connectivity index (χ1) is 13.8. The van der Waals surface area contributed by atoms with Crippen molar-refractivity contribution in [3.05, 3.63) is 80.8 Å². The Morgan fingerprint density at radius 1 is 1.24 bits per heavy atom. The lowest BCUT2D eigenvalue weighted by Gasteiger charge is -2.11. The van der Waals surface area contributed by atoms with Gasteiger partial charge in [-0.25, -0.2) is 9.07 Å². The van der Waals surface area contributed by atoms with Crippen molar-refractivity contribution in [1.82, 2.24) is 9.78 Å². The molecule has 10 heteroatoms. The number of carbonyl (C=O) groups is 1. The number of nitro groups is 1. The normalized spacial score (nSPS) is 15.2. The molecule has 0 spiro atoms. The maximum absolute atomic E-state index is 13.3. The van der Waals surface area contributed by atoms with Crippen molar-refractivity contribution in [2.45, 2.75) is 18.4 Å². The number of benzene rings is 2. The summed E-state index contributed by atoms with van der Waals surface area (Å²) in [7, 11) is -1.12. The third-order valence-corrected chi connectivity index (χ3v) is 5.85. The van der Waals surface area contributed by atoms with E-state index in [1.165, 1.54) is 47.1 Å². The van der Waals surface area contributed by atoms with E-state index in [0.717, 1.165) is 0 Å². The average molecular weight is 414 g/mol. The number of aromatic nitrogens is 2. The van der Waals surface area contributed by atoms with Gasteiger partial charge in [-0.2, -0.15) is 5.10 Å². The van der Waals surface area contributed by atoms with Crippen LogP contribution in [0.25, 0.3) is 5.69 Å². The highest BCUT2D eigenvalue weighted by Gasteiger charge is 2.29. The topological polar surface area (TPSA) is 107 Å². The average Bonchev–Trinajstić information content (AvgIpc) is 3.19. The molecule has 0 bridgehead atoms. The van der Waals surface area contributed by atoms with Gasteiger partial charge < -0.3 is 5.32 Å². The number of amides is 1. The Labute approximate surface area is 167 Å². The first kappa shape index (κ1) is 18.9. The Kier molecular flexibility index (Phi) is 4.71. The van der Waals surface area contributed by atoms with E-state index in [1.54, 1.807) is 6.92 Å². The molecule has 29 heavy (non-hydrogen) atoms. The number of carbonyl (C=O) groups excluding carboxylic acids is 1. The van der Waals surface area contributed by atoms with Crippen molar-refractivity contribution in [2.75, 3.05) is 5.32 Å². The van der Waals surface area contributed by atoms with Gasteiger partial charge in [0.05, 0.1) is 27.8 Å². The molecule has 2 heterocycles.